The second-order valence-corrected chi connectivity index (χ2v) is 7.78. The lowest BCUT2D eigenvalue weighted by atomic mass is 9.89. The van der Waals surface area contributed by atoms with Crippen LogP contribution in [0.15, 0.2) is 48.5 Å². The molecule has 3 rings (SSSR count). The highest BCUT2D eigenvalue weighted by molar-refractivity contribution is 5.92. The molecule has 3 aromatic carbocycles. The van der Waals surface area contributed by atoms with Gasteiger partial charge in [0.2, 0.25) is 0 Å². The van der Waals surface area contributed by atoms with Crippen molar-refractivity contribution in [3.8, 4) is 11.8 Å². The van der Waals surface area contributed by atoms with E-state index in [1.54, 1.807) is 12.1 Å². The lowest BCUT2D eigenvalue weighted by molar-refractivity contribution is -0.143. The van der Waals surface area contributed by atoms with Crippen LogP contribution in [0.2, 0.25) is 0 Å². The summed E-state index contributed by atoms with van der Waals surface area (Å²) in [6.07, 6.45) is -10.1. The summed E-state index contributed by atoms with van der Waals surface area (Å²) in [5, 5.41) is 11.2. The highest BCUT2D eigenvalue weighted by atomic mass is 19.4. The Morgan fingerprint density at radius 3 is 2.00 bits per heavy atom. The predicted molar refractivity (Wildman–Crippen MR) is 113 cm³/mol. The molecule has 0 aromatic heterocycles. The van der Waals surface area contributed by atoms with Crippen LogP contribution in [0, 0.1) is 11.3 Å². The van der Waals surface area contributed by atoms with Gasteiger partial charge in [-0.1, -0.05) is 12.1 Å². The van der Waals surface area contributed by atoms with Crippen molar-refractivity contribution in [3.05, 3.63) is 70.8 Å². The van der Waals surface area contributed by atoms with E-state index in [-0.39, 0.29) is 18.1 Å². The molecule has 0 heterocycles. The second-order valence-electron chi connectivity index (χ2n) is 7.78. The molecule has 0 fully saturated rings. The van der Waals surface area contributed by atoms with Gasteiger partial charge < -0.3 is 9.64 Å². The maximum atomic E-state index is 13.2. The van der Waals surface area contributed by atoms with Crippen molar-refractivity contribution in [1.29, 1.82) is 5.26 Å². The normalized spacial score (nSPS) is 13.0. The van der Waals surface area contributed by atoms with E-state index >= 15 is 0 Å². The second kappa shape index (κ2) is 8.85. The number of methoxy groups -OCH3 is 1. The lowest BCUT2D eigenvalue weighted by Crippen LogP contribution is -2.13. The summed E-state index contributed by atoms with van der Waals surface area (Å²) in [5.41, 5.74) is -1.82. The third-order valence-electron chi connectivity index (χ3n) is 5.35. The van der Waals surface area contributed by atoms with Crippen LogP contribution in [0.4, 0.5) is 32.0 Å². The Morgan fingerprint density at radius 1 is 0.909 bits per heavy atom. The number of fused-ring (bicyclic) bond motifs is 1. The fourth-order valence-electron chi connectivity index (χ4n) is 3.65. The molecule has 3 nitrogen and oxygen atoms in total. The Hall–Kier alpha value is -3.41. The fourth-order valence-corrected chi connectivity index (χ4v) is 3.65. The van der Waals surface area contributed by atoms with E-state index < -0.39 is 29.4 Å². The van der Waals surface area contributed by atoms with Crippen molar-refractivity contribution in [2.75, 3.05) is 26.1 Å². The van der Waals surface area contributed by atoms with Gasteiger partial charge in [0.05, 0.1) is 30.2 Å². The zero-order valence-corrected chi connectivity index (χ0v) is 18.0. The van der Waals surface area contributed by atoms with Gasteiger partial charge in [0.25, 0.3) is 0 Å². The molecule has 0 amide bonds. The van der Waals surface area contributed by atoms with Crippen molar-refractivity contribution >= 4 is 16.5 Å². The van der Waals surface area contributed by atoms with Crippen LogP contribution in [0.3, 0.4) is 0 Å². The van der Waals surface area contributed by atoms with E-state index in [9.17, 15) is 31.6 Å². The van der Waals surface area contributed by atoms with Gasteiger partial charge >= 0.3 is 12.4 Å². The van der Waals surface area contributed by atoms with Crippen LogP contribution in [0.1, 0.15) is 28.2 Å². The third-order valence-corrected chi connectivity index (χ3v) is 5.35. The summed E-state index contributed by atoms with van der Waals surface area (Å²) < 4.78 is 84.9. The van der Waals surface area contributed by atoms with Crippen LogP contribution in [-0.2, 0) is 18.8 Å². The molecular weight excluding hydrogens is 446 g/mol. The molecule has 3 aromatic rings. The maximum absolute atomic E-state index is 13.2. The molecular formula is C24H20F6N2O. The molecule has 0 saturated heterocycles. The minimum atomic E-state index is -4.99. The van der Waals surface area contributed by atoms with Crippen molar-refractivity contribution in [1.82, 2.24) is 0 Å². The van der Waals surface area contributed by atoms with Crippen LogP contribution in [0.5, 0.6) is 5.75 Å². The van der Waals surface area contributed by atoms with Gasteiger partial charge in [0.1, 0.15) is 5.75 Å². The van der Waals surface area contributed by atoms with Gasteiger partial charge in [-0.3, -0.25) is 0 Å². The number of anilines is 1. The Kier molecular flexibility index (Phi) is 6.50. The third kappa shape index (κ3) is 5.16. The molecule has 0 spiro atoms. The average Bonchev–Trinajstić information content (AvgIpc) is 2.75. The first-order chi connectivity index (χ1) is 15.3. The van der Waals surface area contributed by atoms with Gasteiger partial charge in [-0.25, -0.2) is 0 Å². The summed E-state index contributed by atoms with van der Waals surface area (Å²) in [6.45, 7) is 0. The van der Waals surface area contributed by atoms with Crippen LogP contribution < -0.4 is 9.64 Å². The molecule has 33 heavy (non-hydrogen) atoms. The molecule has 9 heteroatoms. The first kappa shape index (κ1) is 24.2. The minimum absolute atomic E-state index is 0.0525. The molecule has 1 atom stereocenters. The van der Waals surface area contributed by atoms with E-state index in [2.05, 4.69) is 0 Å². The average molecular weight is 466 g/mol. The number of ether oxygens (including phenoxy) is 1. The van der Waals surface area contributed by atoms with Gasteiger partial charge in [0.15, 0.2) is 0 Å². The van der Waals surface area contributed by atoms with Gasteiger partial charge in [-0.05, 0) is 59.3 Å². The minimum Gasteiger partial charge on any atom is -0.496 e. The molecule has 1 unspecified atom stereocenters. The van der Waals surface area contributed by atoms with Crippen molar-refractivity contribution in [3.63, 3.8) is 0 Å². The molecule has 0 aliphatic heterocycles. The van der Waals surface area contributed by atoms with E-state index in [1.807, 2.05) is 43.3 Å². The topological polar surface area (TPSA) is 36.3 Å². The number of rotatable bonds is 5. The highest BCUT2D eigenvalue weighted by Crippen LogP contribution is 2.39. The predicted octanol–water partition coefficient (Wildman–Crippen LogP) is 6.80. The molecule has 0 N–H and O–H groups in total. The first-order valence-corrected chi connectivity index (χ1v) is 9.81. The molecule has 0 aliphatic carbocycles. The van der Waals surface area contributed by atoms with E-state index in [0.29, 0.717) is 23.4 Å². The van der Waals surface area contributed by atoms with Crippen molar-refractivity contribution in [2.45, 2.75) is 24.7 Å². The molecule has 0 bridgehead atoms. The van der Waals surface area contributed by atoms with Crippen molar-refractivity contribution in [2.24, 2.45) is 0 Å². The Balaban J connectivity index is 2.08. The standard InChI is InChI=1S/C24H20F6N2O/c1-32(2)20-6-7-21-14(11-20)4-5-15(22(21)33-3)8-17(13-31)16-9-18(23(25,26)27)12-19(10-16)24(28,29)30/h4-7,9-12,17H,8H2,1-3H3. The summed E-state index contributed by atoms with van der Waals surface area (Å²) in [6, 6.07) is 12.1. The lowest BCUT2D eigenvalue weighted by Gasteiger charge is -2.19. The number of hydrogen-bond acceptors (Lipinski definition) is 3. The van der Waals surface area contributed by atoms with Gasteiger partial charge in [0, 0.05) is 25.2 Å². The molecule has 0 saturated carbocycles. The fraction of sp³-hybridized carbons (Fsp3) is 0.292. The molecule has 0 radical (unpaired) electrons. The number of nitrogens with zero attached hydrogens (tertiary/aromatic N) is 2. The number of benzene rings is 3. The summed E-state index contributed by atoms with van der Waals surface area (Å²) in [4.78, 5) is 1.91. The maximum Gasteiger partial charge on any atom is 0.416 e. The van der Waals surface area contributed by atoms with Crippen LogP contribution >= 0.6 is 0 Å². The number of alkyl halides is 6. The van der Waals surface area contributed by atoms with E-state index in [4.69, 9.17) is 4.74 Å². The van der Waals surface area contributed by atoms with E-state index in [0.717, 1.165) is 16.5 Å². The SMILES string of the molecule is COc1c(CC(C#N)c2cc(C(F)(F)F)cc(C(F)(F)F)c2)ccc2cc(N(C)C)ccc12. The van der Waals surface area contributed by atoms with Crippen LogP contribution in [0.25, 0.3) is 10.8 Å². The zero-order valence-electron chi connectivity index (χ0n) is 18.0. The first-order valence-electron chi connectivity index (χ1n) is 9.81. The smallest absolute Gasteiger partial charge is 0.416 e. The van der Waals surface area contributed by atoms with E-state index in [1.165, 1.54) is 7.11 Å². The van der Waals surface area contributed by atoms with Gasteiger partial charge in [-0.15, -0.1) is 0 Å². The number of nitriles is 1. The highest BCUT2D eigenvalue weighted by Gasteiger charge is 2.37. The largest absolute Gasteiger partial charge is 0.496 e. The number of halogens is 6. The zero-order chi connectivity index (χ0) is 24.6. The quantitative estimate of drug-likeness (QED) is 0.388. The Morgan fingerprint density at radius 2 is 1.52 bits per heavy atom. The molecule has 0 aliphatic rings. The molecule has 174 valence electrons. The Bertz CT molecular complexity index is 1180. The summed E-state index contributed by atoms with van der Waals surface area (Å²) in [5.74, 6) is -0.832. The summed E-state index contributed by atoms with van der Waals surface area (Å²) >= 11 is 0. The Labute approximate surface area is 186 Å². The summed E-state index contributed by atoms with van der Waals surface area (Å²) in [7, 11) is 5.19. The number of hydrogen-bond donors (Lipinski definition) is 0. The van der Waals surface area contributed by atoms with Crippen LogP contribution in [-0.4, -0.2) is 21.2 Å². The van der Waals surface area contributed by atoms with Gasteiger partial charge in [-0.2, -0.15) is 31.6 Å². The van der Waals surface area contributed by atoms with Crippen molar-refractivity contribution < 1.29 is 31.1 Å². The monoisotopic (exact) mass is 466 g/mol.